The number of rotatable bonds is 7. The van der Waals surface area contributed by atoms with Gasteiger partial charge in [0.25, 0.3) is 11.7 Å². The number of hydrogen-bond acceptors (Lipinski definition) is 7. The first-order chi connectivity index (χ1) is 16.4. The average molecular weight is 480 g/mol. The van der Waals surface area contributed by atoms with Gasteiger partial charge in [0, 0.05) is 28.6 Å². The van der Waals surface area contributed by atoms with Gasteiger partial charge in [-0.2, -0.15) is 0 Å². The second kappa shape index (κ2) is 9.61. The zero-order chi connectivity index (χ0) is 24.4. The normalized spacial score (nSPS) is 17.2. The Morgan fingerprint density at radius 2 is 1.65 bits per heavy atom. The number of anilines is 1. The molecule has 2 heterocycles. The van der Waals surface area contributed by atoms with Crippen LogP contribution in [0.2, 0.25) is 0 Å². The summed E-state index contributed by atoms with van der Waals surface area (Å²) in [5.74, 6) is -0.134. The number of aryl methyl sites for hydroxylation is 1. The molecule has 1 amide bonds. The maximum absolute atomic E-state index is 13.3. The predicted octanol–water partition coefficient (Wildman–Crippen LogP) is 5.10. The van der Waals surface area contributed by atoms with Gasteiger partial charge >= 0.3 is 0 Å². The van der Waals surface area contributed by atoms with E-state index in [1.807, 2.05) is 25.3 Å². The Kier molecular flexibility index (Phi) is 6.61. The number of aliphatic hydroxyl groups excluding tert-OH is 1. The lowest BCUT2D eigenvalue weighted by Crippen LogP contribution is -2.29. The van der Waals surface area contributed by atoms with Crippen LogP contribution in [0, 0.1) is 6.92 Å². The number of aliphatic hydroxyl groups is 1. The predicted molar refractivity (Wildman–Crippen MR) is 131 cm³/mol. The zero-order valence-electron chi connectivity index (χ0n) is 19.3. The van der Waals surface area contributed by atoms with Crippen LogP contribution in [0.3, 0.4) is 0 Å². The molecule has 34 heavy (non-hydrogen) atoms. The van der Waals surface area contributed by atoms with Gasteiger partial charge in [0.2, 0.25) is 0 Å². The van der Waals surface area contributed by atoms with E-state index < -0.39 is 17.7 Å². The number of ether oxygens (including phenoxy) is 3. The number of carbonyl (C=O) groups is 2. The summed E-state index contributed by atoms with van der Waals surface area (Å²) < 4.78 is 16.2. The minimum atomic E-state index is -0.802. The number of ketones is 1. The first kappa shape index (κ1) is 23.4. The zero-order valence-corrected chi connectivity index (χ0v) is 20.1. The average Bonchev–Trinajstić information content (AvgIpc) is 3.39. The smallest absolute Gasteiger partial charge is 0.300 e. The highest BCUT2D eigenvalue weighted by atomic mass is 32.1. The number of nitrogens with zero attached hydrogens (tertiary/aromatic N) is 1. The van der Waals surface area contributed by atoms with Crippen LogP contribution >= 0.6 is 11.3 Å². The van der Waals surface area contributed by atoms with Crippen molar-refractivity contribution in [2.45, 2.75) is 19.9 Å². The quantitative estimate of drug-likeness (QED) is 0.288. The van der Waals surface area contributed by atoms with E-state index in [4.69, 9.17) is 14.2 Å². The summed E-state index contributed by atoms with van der Waals surface area (Å²) in [4.78, 5) is 28.8. The third kappa shape index (κ3) is 4.12. The molecule has 4 rings (SSSR count). The summed E-state index contributed by atoms with van der Waals surface area (Å²) in [5.41, 5.74) is 1.79. The van der Waals surface area contributed by atoms with Gasteiger partial charge in [0.05, 0.1) is 32.1 Å². The molecular formula is C26H25NO6S. The molecule has 0 saturated carbocycles. The van der Waals surface area contributed by atoms with Gasteiger partial charge < -0.3 is 19.3 Å². The molecule has 0 bridgehead atoms. The molecule has 1 saturated heterocycles. The van der Waals surface area contributed by atoms with Crippen LogP contribution < -0.4 is 19.1 Å². The number of methoxy groups -OCH3 is 2. The highest BCUT2D eigenvalue weighted by Crippen LogP contribution is 2.46. The molecule has 1 N–H and O–H groups in total. The second-order valence-electron chi connectivity index (χ2n) is 7.67. The van der Waals surface area contributed by atoms with Crippen molar-refractivity contribution in [2.24, 2.45) is 0 Å². The largest absolute Gasteiger partial charge is 0.507 e. The first-order valence-electron chi connectivity index (χ1n) is 10.7. The van der Waals surface area contributed by atoms with Crippen molar-refractivity contribution in [3.8, 4) is 17.2 Å². The maximum Gasteiger partial charge on any atom is 0.300 e. The van der Waals surface area contributed by atoms with E-state index in [1.165, 1.54) is 30.5 Å². The SMILES string of the molecule is CCOc1ccc(/C(O)=C2/C(=O)C(=O)N(c3cc(OC)cc(OC)c3)C2c2sccc2C)cc1. The molecule has 1 aliphatic rings. The molecule has 1 fully saturated rings. The Balaban J connectivity index is 1.91. The first-order valence-corrected chi connectivity index (χ1v) is 11.6. The van der Waals surface area contributed by atoms with Crippen molar-refractivity contribution in [1.82, 2.24) is 0 Å². The molecule has 2 aromatic carbocycles. The maximum atomic E-state index is 13.3. The van der Waals surface area contributed by atoms with Gasteiger partial charge in [-0.15, -0.1) is 11.3 Å². The van der Waals surface area contributed by atoms with E-state index in [-0.39, 0.29) is 11.3 Å². The Labute approximate surface area is 201 Å². The minimum Gasteiger partial charge on any atom is -0.507 e. The number of thiophene rings is 1. The number of hydrogen-bond donors (Lipinski definition) is 1. The van der Waals surface area contributed by atoms with Crippen LogP contribution in [-0.4, -0.2) is 37.6 Å². The second-order valence-corrected chi connectivity index (χ2v) is 8.61. The van der Waals surface area contributed by atoms with Crippen LogP contribution in [0.1, 0.15) is 29.0 Å². The Hall–Kier alpha value is -3.78. The lowest BCUT2D eigenvalue weighted by Gasteiger charge is -2.25. The number of benzene rings is 2. The van der Waals surface area contributed by atoms with Crippen LogP contribution in [-0.2, 0) is 9.59 Å². The topological polar surface area (TPSA) is 85.3 Å². The van der Waals surface area contributed by atoms with E-state index in [1.54, 1.807) is 42.5 Å². The molecule has 1 atom stereocenters. The summed E-state index contributed by atoms with van der Waals surface area (Å²) >= 11 is 1.42. The number of Topliss-reactive ketones (excluding diaryl/α,β-unsaturated/α-hetero) is 1. The van der Waals surface area contributed by atoms with E-state index in [0.717, 1.165) is 10.4 Å². The van der Waals surface area contributed by atoms with Gasteiger partial charge in [-0.25, -0.2) is 0 Å². The summed E-state index contributed by atoms with van der Waals surface area (Å²) in [6.07, 6.45) is 0. The number of amides is 1. The van der Waals surface area contributed by atoms with Crippen LogP contribution in [0.15, 0.2) is 59.5 Å². The fourth-order valence-electron chi connectivity index (χ4n) is 3.97. The molecule has 1 unspecified atom stereocenters. The van der Waals surface area contributed by atoms with E-state index >= 15 is 0 Å². The van der Waals surface area contributed by atoms with Crippen LogP contribution in [0.25, 0.3) is 5.76 Å². The fraction of sp³-hybridized carbons (Fsp3) is 0.231. The molecule has 1 aliphatic heterocycles. The fourth-order valence-corrected chi connectivity index (χ4v) is 5.00. The Morgan fingerprint density at radius 3 is 2.18 bits per heavy atom. The van der Waals surface area contributed by atoms with E-state index in [9.17, 15) is 14.7 Å². The highest BCUT2D eigenvalue weighted by Gasteiger charge is 2.48. The number of carbonyl (C=O) groups excluding carboxylic acids is 2. The summed E-state index contributed by atoms with van der Waals surface area (Å²) in [5, 5.41) is 13.1. The van der Waals surface area contributed by atoms with Gasteiger partial charge in [0.1, 0.15) is 29.0 Å². The van der Waals surface area contributed by atoms with E-state index in [0.29, 0.717) is 35.1 Å². The van der Waals surface area contributed by atoms with Crippen molar-refractivity contribution in [2.75, 3.05) is 25.7 Å². The third-order valence-electron chi connectivity index (χ3n) is 5.65. The minimum absolute atomic E-state index is 0.0292. The Morgan fingerprint density at radius 1 is 1.00 bits per heavy atom. The summed E-state index contributed by atoms with van der Waals surface area (Å²) in [7, 11) is 3.03. The van der Waals surface area contributed by atoms with Crippen molar-refractivity contribution in [1.29, 1.82) is 0 Å². The molecule has 0 aliphatic carbocycles. The standard InChI is InChI=1S/C26H25NO6S/c1-5-33-18-8-6-16(7-9-18)23(28)21-22(25-15(2)10-11-34-25)27(26(30)24(21)29)17-12-19(31-3)14-20(13-17)32-4/h6-14,22,28H,5H2,1-4H3/b23-21-. The van der Waals surface area contributed by atoms with Crippen molar-refractivity contribution >= 4 is 34.5 Å². The highest BCUT2D eigenvalue weighted by molar-refractivity contribution is 7.10. The monoisotopic (exact) mass is 479 g/mol. The molecule has 0 radical (unpaired) electrons. The van der Waals surface area contributed by atoms with Crippen molar-refractivity contribution < 1.29 is 28.9 Å². The summed E-state index contributed by atoms with van der Waals surface area (Å²) in [6.45, 7) is 4.30. The molecule has 3 aromatic rings. The van der Waals surface area contributed by atoms with Crippen molar-refractivity contribution in [3.05, 3.63) is 75.5 Å². The van der Waals surface area contributed by atoms with Crippen LogP contribution in [0.4, 0.5) is 5.69 Å². The molecule has 1 aromatic heterocycles. The Bertz CT molecular complexity index is 1240. The summed E-state index contributed by atoms with van der Waals surface area (Å²) in [6, 6.07) is 12.9. The molecule has 8 heteroatoms. The molecule has 0 spiro atoms. The van der Waals surface area contributed by atoms with Crippen LogP contribution in [0.5, 0.6) is 17.2 Å². The lowest BCUT2D eigenvalue weighted by molar-refractivity contribution is -0.132. The van der Waals surface area contributed by atoms with E-state index in [2.05, 4.69) is 0 Å². The van der Waals surface area contributed by atoms with Gasteiger partial charge in [-0.3, -0.25) is 14.5 Å². The third-order valence-corrected chi connectivity index (χ3v) is 6.72. The van der Waals surface area contributed by atoms with Gasteiger partial charge in [0.15, 0.2) is 0 Å². The van der Waals surface area contributed by atoms with Crippen molar-refractivity contribution in [3.63, 3.8) is 0 Å². The van der Waals surface area contributed by atoms with Gasteiger partial charge in [-0.1, -0.05) is 0 Å². The molecular weight excluding hydrogens is 454 g/mol. The molecule has 7 nitrogen and oxygen atoms in total. The van der Waals surface area contributed by atoms with Gasteiger partial charge in [-0.05, 0) is 55.1 Å². The molecule has 176 valence electrons. The lowest BCUT2D eigenvalue weighted by atomic mass is 9.98.